The SMILES string of the molecule is O=C1OC2(c3ccc(O)cc3Oc3cc(O)c(C4CC(=O)N(O)C4=O)c(C(=O)O)c32)c2ccccc21. The number of benzene rings is 3. The number of esters is 1. The van der Waals surface area contributed by atoms with Crippen molar-refractivity contribution in [2.45, 2.75) is 17.9 Å². The maximum Gasteiger partial charge on any atom is 0.340 e. The zero-order chi connectivity index (χ0) is 25.5. The lowest BCUT2D eigenvalue weighted by Crippen LogP contribution is -2.36. The topological polar surface area (TPSA) is 171 Å². The van der Waals surface area contributed by atoms with Crippen LogP contribution in [0.2, 0.25) is 0 Å². The molecule has 11 nitrogen and oxygen atoms in total. The molecule has 36 heavy (non-hydrogen) atoms. The maximum absolute atomic E-state index is 13.0. The largest absolute Gasteiger partial charge is 0.508 e. The van der Waals surface area contributed by atoms with Crippen LogP contribution in [0, 0.1) is 0 Å². The Bertz CT molecular complexity index is 1560. The van der Waals surface area contributed by atoms with Gasteiger partial charge in [-0.05, 0) is 18.2 Å². The van der Waals surface area contributed by atoms with Crippen molar-refractivity contribution in [3.05, 3.63) is 81.9 Å². The summed E-state index contributed by atoms with van der Waals surface area (Å²) in [6.45, 7) is 0. The van der Waals surface area contributed by atoms with Crippen LogP contribution in [0.5, 0.6) is 23.0 Å². The number of carbonyl (C=O) groups is 4. The van der Waals surface area contributed by atoms with Gasteiger partial charge in [-0.1, -0.05) is 18.2 Å². The molecule has 2 atom stereocenters. The van der Waals surface area contributed by atoms with Crippen molar-refractivity contribution in [2.24, 2.45) is 0 Å². The number of carbonyl (C=O) groups excluding carboxylic acids is 3. The van der Waals surface area contributed by atoms with Crippen LogP contribution < -0.4 is 4.74 Å². The minimum absolute atomic E-state index is 0.0455. The lowest BCUT2D eigenvalue weighted by molar-refractivity contribution is -0.171. The first kappa shape index (κ1) is 21.6. The Morgan fingerprint density at radius 3 is 2.44 bits per heavy atom. The number of phenolic OH excluding ortho intramolecular Hbond substituents is 2. The van der Waals surface area contributed by atoms with Gasteiger partial charge in [-0.15, -0.1) is 0 Å². The molecule has 0 saturated carbocycles. The van der Waals surface area contributed by atoms with Gasteiger partial charge in [0.1, 0.15) is 23.0 Å². The summed E-state index contributed by atoms with van der Waals surface area (Å²) in [5, 5.41) is 40.9. The van der Waals surface area contributed by atoms with Gasteiger partial charge in [0.05, 0.1) is 22.6 Å². The predicted molar refractivity (Wildman–Crippen MR) is 116 cm³/mol. The number of imide groups is 1. The number of carboxylic acid groups (broad SMARTS) is 1. The fraction of sp³-hybridized carbons (Fsp3) is 0.120. The average Bonchev–Trinajstić information content (AvgIpc) is 3.27. The third-order valence-electron chi connectivity index (χ3n) is 6.68. The van der Waals surface area contributed by atoms with E-state index in [1.165, 1.54) is 24.3 Å². The highest BCUT2D eigenvalue weighted by Gasteiger charge is 2.57. The van der Waals surface area contributed by atoms with E-state index < -0.39 is 58.6 Å². The van der Waals surface area contributed by atoms with E-state index in [0.717, 1.165) is 6.07 Å². The Kier molecular flexibility index (Phi) is 4.24. The van der Waals surface area contributed by atoms with E-state index in [4.69, 9.17) is 9.47 Å². The molecule has 3 aliphatic rings. The number of hydrogen-bond acceptors (Lipinski definition) is 9. The number of hydroxylamine groups is 2. The highest BCUT2D eigenvalue weighted by molar-refractivity contribution is 6.08. The van der Waals surface area contributed by atoms with Crippen LogP contribution in [0.4, 0.5) is 0 Å². The van der Waals surface area contributed by atoms with Crippen molar-refractivity contribution < 1.29 is 49.2 Å². The Hall–Kier alpha value is -4.90. The quantitative estimate of drug-likeness (QED) is 0.238. The van der Waals surface area contributed by atoms with Crippen LogP contribution >= 0.6 is 0 Å². The molecular weight excluding hydrogens is 474 g/mol. The monoisotopic (exact) mass is 489 g/mol. The highest BCUT2D eigenvalue weighted by atomic mass is 16.6. The van der Waals surface area contributed by atoms with Crippen LogP contribution in [-0.4, -0.2) is 49.3 Å². The summed E-state index contributed by atoms with van der Waals surface area (Å²) in [6.07, 6.45) is -0.587. The van der Waals surface area contributed by atoms with Gasteiger partial charge in [-0.25, -0.2) is 9.59 Å². The molecule has 3 aliphatic heterocycles. The van der Waals surface area contributed by atoms with E-state index in [1.54, 1.807) is 18.2 Å². The summed E-state index contributed by atoms with van der Waals surface area (Å²) < 4.78 is 11.8. The number of rotatable bonds is 2. The zero-order valence-corrected chi connectivity index (χ0v) is 18.1. The van der Waals surface area contributed by atoms with Gasteiger partial charge in [0.15, 0.2) is 5.60 Å². The molecule has 6 rings (SSSR count). The molecular formula is C25H15NO10. The van der Waals surface area contributed by atoms with Gasteiger partial charge >= 0.3 is 11.9 Å². The standard InChI is InChI=1S/C25H15NO10/c27-10-5-6-14-16(7-10)35-17-9-15(28)19(12-8-18(29)26(34)22(12)30)20(23(31)32)21(17)25(14)13-4-2-1-3-11(13)24(33)36-25/h1-7,9,12,27-28,34H,8H2,(H,31,32). The average molecular weight is 489 g/mol. The summed E-state index contributed by atoms with van der Waals surface area (Å²) in [5.41, 5.74) is -2.48. The molecule has 0 radical (unpaired) electrons. The van der Waals surface area contributed by atoms with Gasteiger partial charge in [0.2, 0.25) is 0 Å². The maximum atomic E-state index is 13.0. The van der Waals surface area contributed by atoms with Gasteiger partial charge in [-0.2, -0.15) is 5.06 Å². The molecule has 1 spiro atoms. The lowest BCUT2D eigenvalue weighted by Gasteiger charge is -2.38. The van der Waals surface area contributed by atoms with Crippen LogP contribution in [0.15, 0.2) is 48.5 Å². The van der Waals surface area contributed by atoms with E-state index in [9.17, 15) is 39.7 Å². The Morgan fingerprint density at radius 1 is 1.00 bits per heavy atom. The zero-order valence-electron chi connectivity index (χ0n) is 18.1. The third-order valence-corrected chi connectivity index (χ3v) is 6.68. The number of nitrogens with zero attached hydrogens (tertiary/aromatic N) is 1. The first-order chi connectivity index (χ1) is 17.1. The molecule has 2 amide bonds. The molecule has 4 N–H and O–H groups in total. The van der Waals surface area contributed by atoms with Crippen molar-refractivity contribution in [3.63, 3.8) is 0 Å². The summed E-state index contributed by atoms with van der Waals surface area (Å²) in [7, 11) is 0. The minimum Gasteiger partial charge on any atom is -0.508 e. The van der Waals surface area contributed by atoms with E-state index >= 15 is 0 Å². The van der Waals surface area contributed by atoms with Crippen LogP contribution in [0.25, 0.3) is 0 Å². The Balaban J connectivity index is 1.75. The minimum atomic E-state index is -1.88. The van der Waals surface area contributed by atoms with E-state index in [1.807, 2.05) is 0 Å². The number of aromatic carboxylic acids is 1. The molecule has 3 aromatic carbocycles. The number of hydrogen-bond donors (Lipinski definition) is 4. The fourth-order valence-corrected chi connectivity index (χ4v) is 5.25. The van der Waals surface area contributed by atoms with E-state index in [2.05, 4.69) is 0 Å². The molecule has 0 aliphatic carbocycles. The number of amides is 2. The van der Waals surface area contributed by atoms with Crippen LogP contribution in [0.3, 0.4) is 0 Å². The highest BCUT2D eigenvalue weighted by Crippen LogP contribution is 2.59. The lowest BCUT2D eigenvalue weighted by atomic mass is 9.73. The first-order valence-electron chi connectivity index (χ1n) is 10.7. The smallest absolute Gasteiger partial charge is 0.340 e. The second kappa shape index (κ2) is 7.06. The molecule has 11 heteroatoms. The van der Waals surface area contributed by atoms with Crippen molar-refractivity contribution in [1.82, 2.24) is 5.06 Å². The van der Waals surface area contributed by atoms with Crippen LogP contribution in [0.1, 0.15) is 55.3 Å². The number of carboxylic acids is 1. The van der Waals surface area contributed by atoms with Crippen LogP contribution in [-0.2, 0) is 19.9 Å². The summed E-state index contributed by atoms with van der Waals surface area (Å²) in [6, 6.07) is 11.4. The number of fused-ring (bicyclic) bond motifs is 6. The normalized spacial score (nSPS) is 21.6. The van der Waals surface area contributed by atoms with Gasteiger partial charge in [-0.3, -0.25) is 14.8 Å². The first-order valence-corrected chi connectivity index (χ1v) is 10.7. The second-order valence-electron chi connectivity index (χ2n) is 8.56. The molecule has 1 saturated heterocycles. The molecule has 1 fully saturated rings. The fourth-order valence-electron chi connectivity index (χ4n) is 5.25. The van der Waals surface area contributed by atoms with Crippen molar-refractivity contribution in [3.8, 4) is 23.0 Å². The van der Waals surface area contributed by atoms with Gasteiger partial charge < -0.3 is 24.8 Å². The van der Waals surface area contributed by atoms with Crippen molar-refractivity contribution >= 4 is 23.8 Å². The third kappa shape index (κ3) is 2.59. The number of aromatic hydroxyl groups is 2. The Labute approximate surface area is 201 Å². The molecule has 2 unspecified atom stereocenters. The number of phenols is 2. The van der Waals surface area contributed by atoms with Crippen molar-refractivity contribution in [1.29, 1.82) is 0 Å². The van der Waals surface area contributed by atoms with Gasteiger partial charge in [0.25, 0.3) is 11.8 Å². The molecule has 3 aromatic rings. The summed E-state index contributed by atoms with van der Waals surface area (Å²) in [4.78, 5) is 50.4. The van der Waals surface area contributed by atoms with Gasteiger partial charge in [0, 0.05) is 35.2 Å². The van der Waals surface area contributed by atoms with E-state index in [-0.39, 0.29) is 44.6 Å². The molecule has 0 bridgehead atoms. The summed E-state index contributed by atoms with van der Waals surface area (Å²) in [5.74, 6) is -6.95. The predicted octanol–water partition coefficient (Wildman–Crippen LogP) is 2.60. The Morgan fingerprint density at radius 2 is 1.75 bits per heavy atom. The molecule has 180 valence electrons. The van der Waals surface area contributed by atoms with E-state index in [0.29, 0.717) is 0 Å². The second-order valence-corrected chi connectivity index (χ2v) is 8.56. The van der Waals surface area contributed by atoms with Crippen molar-refractivity contribution in [2.75, 3.05) is 0 Å². The molecule has 0 aromatic heterocycles. The number of ether oxygens (including phenoxy) is 2. The molecule has 3 heterocycles. The summed E-state index contributed by atoms with van der Waals surface area (Å²) >= 11 is 0.